The molecule has 1 aliphatic rings. The van der Waals surface area contributed by atoms with Gasteiger partial charge in [0.25, 0.3) is 0 Å². The lowest BCUT2D eigenvalue weighted by Gasteiger charge is -2.14. The minimum atomic E-state index is -0.977. The highest BCUT2D eigenvalue weighted by Crippen LogP contribution is 2.50. The summed E-state index contributed by atoms with van der Waals surface area (Å²) in [6, 6.07) is 12.8. The van der Waals surface area contributed by atoms with Crippen LogP contribution < -0.4 is 0 Å². The van der Waals surface area contributed by atoms with Gasteiger partial charge in [0.05, 0.1) is 5.41 Å². The molecule has 0 amide bonds. The van der Waals surface area contributed by atoms with E-state index >= 15 is 0 Å². The van der Waals surface area contributed by atoms with Crippen molar-refractivity contribution in [3.8, 4) is 0 Å². The molecule has 2 aromatic rings. The summed E-state index contributed by atoms with van der Waals surface area (Å²) < 4.78 is 26.1. The summed E-state index contributed by atoms with van der Waals surface area (Å²) in [6.07, 6.45) is 1.52. The monoisotopic (exact) mass is 258 g/mol. The molecular formula is C16H12F2O. The van der Waals surface area contributed by atoms with Crippen LogP contribution in [0.4, 0.5) is 8.78 Å². The Morgan fingerprint density at radius 1 is 0.947 bits per heavy atom. The van der Waals surface area contributed by atoms with E-state index in [4.69, 9.17) is 0 Å². The molecule has 1 nitrogen and oxygen atoms in total. The van der Waals surface area contributed by atoms with Gasteiger partial charge >= 0.3 is 0 Å². The second kappa shape index (κ2) is 4.26. The third kappa shape index (κ3) is 1.95. The first-order valence-electron chi connectivity index (χ1n) is 6.19. The molecule has 3 rings (SSSR count). The SMILES string of the molecule is O=C(c1ccc(F)c(F)c1)C1(c2ccccc2)CC1. The molecule has 0 bridgehead atoms. The fourth-order valence-electron chi connectivity index (χ4n) is 2.44. The van der Waals surface area contributed by atoms with E-state index in [2.05, 4.69) is 0 Å². The molecular weight excluding hydrogens is 246 g/mol. The predicted molar refractivity (Wildman–Crippen MR) is 68.0 cm³/mol. The van der Waals surface area contributed by atoms with E-state index in [-0.39, 0.29) is 11.3 Å². The van der Waals surface area contributed by atoms with Gasteiger partial charge in [0.15, 0.2) is 17.4 Å². The molecule has 1 saturated carbocycles. The van der Waals surface area contributed by atoms with Crippen LogP contribution in [0.2, 0.25) is 0 Å². The van der Waals surface area contributed by atoms with Crippen molar-refractivity contribution in [1.82, 2.24) is 0 Å². The maximum absolute atomic E-state index is 13.2. The molecule has 0 atom stereocenters. The number of carbonyl (C=O) groups is 1. The topological polar surface area (TPSA) is 17.1 Å². The number of benzene rings is 2. The lowest BCUT2D eigenvalue weighted by atomic mass is 9.87. The van der Waals surface area contributed by atoms with E-state index in [1.807, 2.05) is 30.3 Å². The van der Waals surface area contributed by atoms with Crippen molar-refractivity contribution < 1.29 is 13.6 Å². The molecule has 0 spiro atoms. The summed E-state index contributed by atoms with van der Waals surface area (Å²) in [5, 5.41) is 0. The van der Waals surface area contributed by atoms with E-state index in [9.17, 15) is 13.6 Å². The average Bonchev–Trinajstić information content (AvgIpc) is 3.24. The highest BCUT2D eigenvalue weighted by atomic mass is 19.2. The average molecular weight is 258 g/mol. The maximum Gasteiger partial charge on any atom is 0.173 e. The molecule has 1 fully saturated rings. The number of carbonyl (C=O) groups excluding carboxylic acids is 1. The van der Waals surface area contributed by atoms with Crippen LogP contribution in [0.5, 0.6) is 0 Å². The Kier molecular flexibility index (Phi) is 2.70. The fourth-order valence-corrected chi connectivity index (χ4v) is 2.44. The molecule has 0 heterocycles. The second-order valence-corrected chi connectivity index (χ2v) is 4.91. The fraction of sp³-hybridized carbons (Fsp3) is 0.188. The van der Waals surface area contributed by atoms with Gasteiger partial charge in [-0.3, -0.25) is 4.79 Å². The molecule has 0 aliphatic heterocycles. The van der Waals surface area contributed by atoms with E-state index in [0.29, 0.717) is 0 Å². The molecule has 3 heteroatoms. The summed E-state index contributed by atoms with van der Waals surface area (Å²) in [5.41, 5.74) is 0.649. The van der Waals surface area contributed by atoms with Crippen molar-refractivity contribution in [1.29, 1.82) is 0 Å². The molecule has 0 radical (unpaired) electrons. The number of ketones is 1. The first-order chi connectivity index (χ1) is 9.13. The van der Waals surface area contributed by atoms with Crippen LogP contribution in [0.1, 0.15) is 28.8 Å². The Bertz CT molecular complexity index is 630. The van der Waals surface area contributed by atoms with Gasteiger partial charge in [0.2, 0.25) is 0 Å². The highest BCUT2D eigenvalue weighted by Gasteiger charge is 2.51. The zero-order valence-electron chi connectivity index (χ0n) is 10.2. The van der Waals surface area contributed by atoms with Gasteiger partial charge in [0, 0.05) is 5.56 Å². The predicted octanol–water partition coefficient (Wildman–Crippen LogP) is 3.88. The molecule has 0 N–H and O–H groups in total. The van der Waals surface area contributed by atoms with Gasteiger partial charge in [0.1, 0.15) is 0 Å². The molecule has 0 unspecified atom stereocenters. The van der Waals surface area contributed by atoms with Crippen molar-refractivity contribution in [2.45, 2.75) is 18.3 Å². The zero-order chi connectivity index (χ0) is 13.5. The molecule has 2 aromatic carbocycles. The Morgan fingerprint density at radius 2 is 1.63 bits per heavy atom. The Balaban J connectivity index is 1.98. The van der Waals surface area contributed by atoms with Gasteiger partial charge in [-0.2, -0.15) is 0 Å². The Hall–Kier alpha value is -2.03. The second-order valence-electron chi connectivity index (χ2n) is 4.91. The third-order valence-corrected chi connectivity index (χ3v) is 3.69. The van der Waals surface area contributed by atoms with Crippen LogP contribution in [0.3, 0.4) is 0 Å². The van der Waals surface area contributed by atoms with E-state index < -0.39 is 17.0 Å². The van der Waals surface area contributed by atoms with Crippen LogP contribution in [-0.2, 0) is 5.41 Å². The summed E-state index contributed by atoms with van der Waals surface area (Å²) >= 11 is 0. The normalized spacial score (nSPS) is 16.1. The van der Waals surface area contributed by atoms with Gasteiger partial charge in [-0.05, 0) is 36.6 Å². The third-order valence-electron chi connectivity index (χ3n) is 3.69. The number of hydrogen-bond acceptors (Lipinski definition) is 1. The van der Waals surface area contributed by atoms with Crippen LogP contribution in [-0.4, -0.2) is 5.78 Å². The van der Waals surface area contributed by atoms with Crippen molar-refractivity contribution in [3.63, 3.8) is 0 Å². The van der Waals surface area contributed by atoms with Crippen LogP contribution in [0.25, 0.3) is 0 Å². The Morgan fingerprint density at radius 3 is 2.21 bits per heavy atom. The highest BCUT2D eigenvalue weighted by molar-refractivity contribution is 6.06. The standard InChI is InChI=1S/C16H12F2O/c17-13-7-6-11(10-14(13)18)15(19)16(8-9-16)12-4-2-1-3-5-12/h1-7,10H,8-9H2. The van der Waals surface area contributed by atoms with Crippen molar-refractivity contribution in [3.05, 3.63) is 71.3 Å². The number of Topliss-reactive ketones (excluding diaryl/α,β-unsaturated/α-hetero) is 1. The van der Waals surface area contributed by atoms with Gasteiger partial charge in [-0.15, -0.1) is 0 Å². The summed E-state index contributed by atoms with van der Waals surface area (Å²) in [4.78, 5) is 12.5. The number of rotatable bonds is 3. The minimum Gasteiger partial charge on any atom is -0.293 e. The first-order valence-corrected chi connectivity index (χ1v) is 6.19. The summed E-state index contributed by atoms with van der Waals surface area (Å²) in [7, 11) is 0. The van der Waals surface area contributed by atoms with Gasteiger partial charge < -0.3 is 0 Å². The molecule has 19 heavy (non-hydrogen) atoms. The minimum absolute atomic E-state index is 0.127. The molecule has 0 saturated heterocycles. The lowest BCUT2D eigenvalue weighted by molar-refractivity contribution is 0.0945. The smallest absolute Gasteiger partial charge is 0.173 e. The van der Waals surface area contributed by atoms with Gasteiger partial charge in [-0.25, -0.2) is 8.78 Å². The maximum atomic E-state index is 13.2. The van der Waals surface area contributed by atoms with E-state index in [1.54, 1.807) is 0 Å². The van der Waals surface area contributed by atoms with Crippen LogP contribution in [0, 0.1) is 11.6 Å². The molecule has 0 aromatic heterocycles. The number of halogens is 2. The molecule has 96 valence electrons. The molecule has 1 aliphatic carbocycles. The van der Waals surface area contributed by atoms with Crippen LogP contribution >= 0.6 is 0 Å². The Labute approximate surface area is 109 Å². The van der Waals surface area contributed by atoms with E-state index in [0.717, 1.165) is 30.5 Å². The zero-order valence-corrected chi connectivity index (χ0v) is 10.2. The summed E-state index contributed by atoms with van der Waals surface area (Å²) in [6.45, 7) is 0. The van der Waals surface area contributed by atoms with Crippen molar-refractivity contribution in [2.75, 3.05) is 0 Å². The van der Waals surface area contributed by atoms with Crippen LogP contribution in [0.15, 0.2) is 48.5 Å². The lowest BCUT2D eigenvalue weighted by Crippen LogP contribution is -2.20. The quantitative estimate of drug-likeness (QED) is 0.763. The van der Waals surface area contributed by atoms with Crippen molar-refractivity contribution >= 4 is 5.78 Å². The number of hydrogen-bond donors (Lipinski definition) is 0. The van der Waals surface area contributed by atoms with E-state index in [1.165, 1.54) is 6.07 Å². The van der Waals surface area contributed by atoms with Crippen molar-refractivity contribution in [2.24, 2.45) is 0 Å². The summed E-state index contributed by atoms with van der Waals surface area (Å²) in [5.74, 6) is -2.03. The largest absolute Gasteiger partial charge is 0.293 e. The first kappa shape index (κ1) is 12.0. The van der Waals surface area contributed by atoms with Gasteiger partial charge in [-0.1, -0.05) is 30.3 Å².